The molecular formula is C13H16ClN3O3S. The van der Waals surface area contributed by atoms with Gasteiger partial charge >= 0.3 is 0 Å². The van der Waals surface area contributed by atoms with Gasteiger partial charge in [0.25, 0.3) is 0 Å². The molecule has 0 aliphatic carbocycles. The van der Waals surface area contributed by atoms with E-state index in [1.807, 2.05) is 6.92 Å². The lowest BCUT2D eigenvalue weighted by Crippen LogP contribution is -2.24. The molecule has 2 aromatic rings. The molecule has 1 aromatic heterocycles. The highest BCUT2D eigenvalue weighted by molar-refractivity contribution is 7.89. The zero-order valence-corrected chi connectivity index (χ0v) is 13.0. The van der Waals surface area contributed by atoms with E-state index in [1.165, 1.54) is 6.26 Å². The van der Waals surface area contributed by atoms with Crippen molar-refractivity contribution in [3.8, 4) is 0 Å². The van der Waals surface area contributed by atoms with E-state index in [0.717, 1.165) is 12.1 Å². The minimum atomic E-state index is -3.71. The van der Waals surface area contributed by atoms with Crippen LogP contribution in [0, 0.1) is 0 Å². The van der Waals surface area contributed by atoms with Gasteiger partial charge in [-0.3, -0.25) is 0 Å². The second-order valence-corrected chi connectivity index (χ2v) is 6.50. The van der Waals surface area contributed by atoms with Crippen LogP contribution in [0.4, 0.5) is 0 Å². The van der Waals surface area contributed by atoms with Gasteiger partial charge in [-0.15, -0.1) is 0 Å². The summed E-state index contributed by atoms with van der Waals surface area (Å²) in [5.41, 5.74) is 1.35. The molecule has 21 heavy (non-hydrogen) atoms. The van der Waals surface area contributed by atoms with Crippen LogP contribution >= 0.6 is 11.6 Å². The number of sulfonamides is 1. The Hall–Kier alpha value is -1.41. The smallest absolute Gasteiger partial charge is 0.242 e. The maximum Gasteiger partial charge on any atom is 0.242 e. The number of nitrogens with one attached hydrogen (secondary N) is 2. The SMILES string of the molecule is CCNCc1ccc(Cl)c(S(=O)(=O)NCc2ccon2)c1. The van der Waals surface area contributed by atoms with Crippen LogP contribution in [0.5, 0.6) is 0 Å². The van der Waals surface area contributed by atoms with Crippen LogP contribution in [0.2, 0.25) is 5.02 Å². The predicted molar refractivity (Wildman–Crippen MR) is 79.4 cm³/mol. The summed E-state index contributed by atoms with van der Waals surface area (Å²) in [6.07, 6.45) is 1.38. The molecule has 0 spiro atoms. The summed E-state index contributed by atoms with van der Waals surface area (Å²) in [5.74, 6) is 0. The van der Waals surface area contributed by atoms with Crippen molar-refractivity contribution in [3.63, 3.8) is 0 Å². The first-order valence-electron chi connectivity index (χ1n) is 6.41. The second kappa shape index (κ2) is 7.04. The molecule has 0 fully saturated rings. The van der Waals surface area contributed by atoms with Gasteiger partial charge in [0.1, 0.15) is 11.2 Å². The fraction of sp³-hybridized carbons (Fsp3) is 0.308. The zero-order chi connectivity index (χ0) is 15.3. The molecule has 1 aromatic carbocycles. The number of nitrogens with zero attached hydrogens (tertiary/aromatic N) is 1. The van der Waals surface area contributed by atoms with Crippen LogP contribution in [-0.2, 0) is 23.1 Å². The molecule has 0 saturated carbocycles. The molecule has 2 rings (SSSR count). The fourth-order valence-corrected chi connectivity index (χ4v) is 3.26. The maximum atomic E-state index is 12.3. The third-order valence-electron chi connectivity index (χ3n) is 2.80. The second-order valence-electron chi connectivity index (χ2n) is 4.36. The number of halogens is 1. The van der Waals surface area contributed by atoms with Gasteiger partial charge in [0.15, 0.2) is 0 Å². The Kier molecular flexibility index (Phi) is 5.35. The first-order chi connectivity index (χ1) is 10.0. The molecule has 0 aliphatic heterocycles. The van der Waals surface area contributed by atoms with Gasteiger partial charge in [0, 0.05) is 12.6 Å². The molecule has 0 aliphatic rings. The van der Waals surface area contributed by atoms with Crippen molar-refractivity contribution in [1.82, 2.24) is 15.2 Å². The van der Waals surface area contributed by atoms with Crippen molar-refractivity contribution < 1.29 is 12.9 Å². The van der Waals surface area contributed by atoms with E-state index in [-0.39, 0.29) is 16.5 Å². The van der Waals surface area contributed by atoms with Crippen molar-refractivity contribution in [2.45, 2.75) is 24.9 Å². The molecule has 0 bridgehead atoms. The number of hydrogen-bond acceptors (Lipinski definition) is 5. The number of aromatic nitrogens is 1. The lowest BCUT2D eigenvalue weighted by atomic mass is 10.2. The van der Waals surface area contributed by atoms with E-state index in [0.29, 0.717) is 12.2 Å². The van der Waals surface area contributed by atoms with E-state index in [1.54, 1.807) is 24.3 Å². The van der Waals surface area contributed by atoms with Crippen LogP contribution in [0.15, 0.2) is 39.9 Å². The van der Waals surface area contributed by atoms with Gasteiger partial charge in [-0.25, -0.2) is 13.1 Å². The van der Waals surface area contributed by atoms with Crippen molar-refractivity contribution in [2.24, 2.45) is 0 Å². The Bertz CT molecular complexity index is 687. The summed E-state index contributed by atoms with van der Waals surface area (Å²) in [6.45, 7) is 3.41. The molecule has 114 valence electrons. The average molecular weight is 330 g/mol. The highest BCUT2D eigenvalue weighted by atomic mass is 35.5. The molecule has 1 heterocycles. The summed E-state index contributed by atoms with van der Waals surface area (Å²) in [4.78, 5) is 0.0584. The minimum Gasteiger partial charge on any atom is -0.364 e. The molecule has 0 unspecified atom stereocenters. The highest BCUT2D eigenvalue weighted by Gasteiger charge is 2.18. The third-order valence-corrected chi connectivity index (χ3v) is 4.68. The number of benzene rings is 1. The molecule has 2 N–H and O–H groups in total. The van der Waals surface area contributed by atoms with Gasteiger partial charge in [0.05, 0.1) is 17.3 Å². The van der Waals surface area contributed by atoms with Crippen molar-refractivity contribution in [2.75, 3.05) is 6.54 Å². The first kappa shape index (κ1) is 16.0. The lowest BCUT2D eigenvalue weighted by Gasteiger charge is -2.10. The average Bonchev–Trinajstić information content (AvgIpc) is 2.97. The zero-order valence-electron chi connectivity index (χ0n) is 11.5. The standard InChI is InChI=1S/C13H16ClN3O3S/c1-2-15-8-10-3-4-12(14)13(7-10)21(18,19)16-9-11-5-6-20-17-11/h3-7,15-16H,2,8-9H2,1H3. The molecule has 0 saturated heterocycles. The van der Waals surface area contributed by atoms with Gasteiger partial charge < -0.3 is 9.84 Å². The monoisotopic (exact) mass is 329 g/mol. The van der Waals surface area contributed by atoms with E-state index in [2.05, 4.69) is 19.7 Å². The van der Waals surface area contributed by atoms with E-state index >= 15 is 0 Å². The first-order valence-corrected chi connectivity index (χ1v) is 8.27. The van der Waals surface area contributed by atoms with Gasteiger partial charge in [-0.1, -0.05) is 29.7 Å². The minimum absolute atomic E-state index is 0.0482. The summed E-state index contributed by atoms with van der Waals surface area (Å²) in [5, 5.41) is 6.97. The lowest BCUT2D eigenvalue weighted by molar-refractivity contribution is 0.411. The van der Waals surface area contributed by atoms with Gasteiger partial charge in [-0.2, -0.15) is 0 Å². The topological polar surface area (TPSA) is 84.2 Å². The summed E-state index contributed by atoms with van der Waals surface area (Å²) < 4.78 is 31.7. The Balaban J connectivity index is 2.17. The van der Waals surface area contributed by atoms with E-state index in [9.17, 15) is 8.42 Å². The highest BCUT2D eigenvalue weighted by Crippen LogP contribution is 2.22. The van der Waals surface area contributed by atoms with Crippen molar-refractivity contribution in [1.29, 1.82) is 0 Å². The van der Waals surface area contributed by atoms with E-state index < -0.39 is 10.0 Å². The Morgan fingerprint density at radius 2 is 2.10 bits per heavy atom. The largest absolute Gasteiger partial charge is 0.364 e. The summed E-state index contributed by atoms with van der Waals surface area (Å²) >= 11 is 6.00. The quantitative estimate of drug-likeness (QED) is 0.810. The normalized spacial score (nSPS) is 11.7. The summed E-state index contributed by atoms with van der Waals surface area (Å²) in [7, 11) is -3.71. The van der Waals surface area contributed by atoms with Crippen molar-refractivity contribution >= 4 is 21.6 Å². The molecule has 0 amide bonds. The number of hydrogen-bond donors (Lipinski definition) is 2. The molecule has 6 nitrogen and oxygen atoms in total. The van der Waals surface area contributed by atoms with Gasteiger partial charge in [0.2, 0.25) is 10.0 Å². The molecule has 0 radical (unpaired) electrons. The Morgan fingerprint density at radius 1 is 1.29 bits per heavy atom. The Morgan fingerprint density at radius 3 is 2.76 bits per heavy atom. The van der Waals surface area contributed by atoms with Crippen LogP contribution in [-0.4, -0.2) is 20.1 Å². The van der Waals surface area contributed by atoms with Crippen LogP contribution in [0.25, 0.3) is 0 Å². The van der Waals surface area contributed by atoms with Crippen molar-refractivity contribution in [3.05, 3.63) is 46.8 Å². The molecule has 8 heteroatoms. The van der Waals surface area contributed by atoms with E-state index in [4.69, 9.17) is 11.6 Å². The van der Waals surface area contributed by atoms with Crippen LogP contribution in [0.3, 0.4) is 0 Å². The Labute approximate surface area is 128 Å². The number of rotatable bonds is 7. The predicted octanol–water partition coefficient (Wildman–Crippen LogP) is 1.92. The van der Waals surface area contributed by atoms with Crippen LogP contribution < -0.4 is 10.0 Å². The van der Waals surface area contributed by atoms with Crippen LogP contribution in [0.1, 0.15) is 18.2 Å². The summed E-state index contributed by atoms with van der Waals surface area (Å²) in [6, 6.07) is 6.53. The third kappa shape index (κ3) is 4.28. The fourth-order valence-electron chi connectivity index (χ4n) is 1.71. The maximum absolute atomic E-state index is 12.3. The van der Waals surface area contributed by atoms with Gasteiger partial charge in [-0.05, 0) is 24.2 Å². The molecular weight excluding hydrogens is 314 g/mol. The molecule has 0 atom stereocenters.